The minimum absolute atomic E-state index is 0.265. The Hall–Kier alpha value is 0.360. The molecule has 0 bridgehead atoms. The van der Waals surface area contributed by atoms with Gasteiger partial charge in [0.05, 0.1) is 8.61 Å². The van der Waals surface area contributed by atoms with Gasteiger partial charge in [0.2, 0.25) is 0 Å². The van der Waals surface area contributed by atoms with Gasteiger partial charge in [-0.2, -0.15) is 0 Å². The predicted molar refractivity (Wildman–Crippen MR) is 105 cm³/mol. The van der Waals surface area contributed by atoms with Gasteiger partial charge in [0, 0.05) is 9.35 Å². The monoisotopic (exact) mass is 492 g/mol. The Kier molecular flexibility index (Phi) is 6.54. The molecule has 21 heavy (non-hydrogen) atoms. The Morgan fingerprint density at radius 2 is 1.52 bits per heavy atom. The third kappa shape index (κ3) is 3.82. The van der Waals surface area contributed by atoms with Gasteiger partial charge in [-0.25, -0.2) is 0 Å². The smallest absolute Gasteiger partial charge is 0.0843 e. The molecule has 0 aliphatic heterocycles. The topological polar surface area (TPSA) is 0 Å². The molecule has 0 nitrogen and oxygen atoms in total. The summed E-state index contributed by atoms with van der Waals surface area (Å²) >= 11 is 12.9. The molecule has 4 heteroatoms. The van der Waals surface area contributed by atoms with Crippen LogP contribution in [-0.4, -0.2) is 0 Å². The van der Waals surface area contributed by atoms with Gasteiger partial charge in [0.25, 0.3) is 0 Å². The van der Waals surface area contributed by atoms with E-state index in [1.165, 1.54) is 27.1 Å². The molecule has 2 aromatic rings. The minimum atomic E-state index is 0.265. The molecule has 0 aliphatic rings. The summed E-state index contributed by atoms with van der Waals surface area (Å²) < 4.78 is 2.29. The van der Waals surface area contributed by atoms with Crippen LogP contribution < -0.4 is 0 Å². The Bertz CT molecular complexity index is 586. The molecular formula is C17H19Br3S. The van der Waals surface area contributed by atoms with Gasteiger partial charge in [-0.05, 0) is 79.4 Å². The first-order chi connectivity index (χ1) is 10.0. The standard InChI is InChI=1S/C17H19Br3S/c1-4-10-7-11(5-2)15(12(6-3)8-10)16(19)14-9-13(18)17(20)21-14/h7-9,16H,4-6H2,1-3H3. The van der Waals surface area contributed by atoms with Crippen LogP contribution in [0.1, 0.15) is 52.7 Å². The summed E-state index contributed by atoms with van der Waals surface area (Å²) in [6.45, 7) is 6.72. The van der Waals surface area contributed by atoms with E-state index in [1.54, 1.807) is 11.3 Å². The van der Waals surface area contributed by atoms with Crippen LogP contribution in [0, 0.1) is 0 Å². The maximum Gasteiger partial charge on any atom is 0.0843 e. The van der Waals surface area contributed by atoms with Gasteiger partial charge in [0.15, 0.2) is 0 Å². The lowest BCUT2D eigenvalue weighted by atomic mass is 9.91. The van der Waals surface area contributed by atoms with Crippen molar-refractivity contribution in [2.45, 2.75) is 44.9 Å². The Morgan fingerprint density at radius 3 is 1.90 bits per heavy atom. The van der Waals surface area contributed by atoms with E-state index in [2.05, 4.69) is 86.8 Å². The highest BCUT2D eigenvalue weighted by Crippen LogP contribution is 2.43. The van der Waals surface area contributed by atoms with Gasteiger partial charge in [-0.1, -0.05) is 48.8 Å². The second kappa shape index (κ2) is 7.76. The highest BCUT2D eigenvalue weighted by Gasteiger charge is 2.20. The van der Waals surface area contributed by atoms with Crippen molar-refractivity contribution in [2.75, 3.05) is 0 Å². The van der Waals surface area contributed by atoms with E-state index in [0.717, 1.165) is 27.5 Å². The summed E-state index contributed by atoms with van der Waals surface area (Å²) in [5.41, 5.74) is 5.83. The van der Waals surface area contributed by atoms with Gasteiger partial charge >= 0.3 is 0 Å². The summed E-state index contributed by atoms with van der Waals surface area (Å²) in [6, 6.07) is 6.96. The van der Waals surface area contributed by atoms with Crippen LogP contribution >= 0.6 is 59.1 Å². The maximum atomic E-state index is 3.94. The number of alkyl halides is 1. The summed E-state index contributed by atoms with van der Waals surface area (Å²) in [4.78, 5) is 1.60. The zero-order valence-electron chi connectivity index (χ0n) is 12.5. The fourth-order valence-electron chi connectivity index (χ4n) is 2.60. The summed E-state index contributed by atoms with van der Waals surface area (Å²) in [5.74, 6) is 0. The van der Waals surface area contributed by atoms with Crippen LogP contribution in [0.15, 0.2) is 26.5 Å². The largest absolute Gasteiger partial charge is 0.131 e. The molecule has 0 saturated heterocycles. The number of aryl methyl sites for hydroxylation is 3. The molecule has 0 spiro atoms. The molecule has 1 heterocycles. The molecule has 0 aliphatic carbocycles. The lowest BCUT2D eigenvalue weighted by Crippen LogP contribution is -2.04. The fourth-order valence-corrected chi connectivity index (χ4v) is 5.67. The van der Waals surface area contributed by atoms with E-state index >= 15 is 0 Å². The van der Waals surface area contributed by atoms with Gasteiger partial charge < -0.3 is 0 Å². The number of hydrogen-bond donors (Lipinski definition) is 0. The van der Waals surface area contributed by atoms with Crippen molar-refractivity contribution in [2.24, 2.45) is 0 Å². The van der Waals surface area contributed by atoms with Gasteiger partial charge in [0.1, 0.15) is 0 Å². The van der Waals surface area contributed by atoms with E-state index < -0.39 is 0 Å². The van der Waals surface area contributed by atoms with Gasteiger partial charge in [-0.15, -0.1) is 11.3 Å². The van der Waals surface area contributed by atoms with Gasteiger partial charge in [-0.3, -0.25) is 0 Å². The molecule has 0 N–H and O–H groups in total. The quantitative estimate of drug-likeness (QED) is 0.379. The lowest BCUT2D eigenvalue weighted by molar-refractivity contribution is 0.981. The van der Waals surface area contributed by atoms with Crippen LogP contribution in [-0.2, 0) is 19.3 Å². The maximum absolute atomic E-state index is 3.94. The molecule has 1 aromatic heterocycles. The highest BCUT2D eigenvalue weighted by atomic mass is 79.9. The van der Waals surface area contributed by atoms with Crippen molar-refractivity contribution in [3.63, 3.8) is 0 Å². The lowest BCUT2D eigenvalue weighted by Gasteiger charge is -2.19. The summed E-state index contributed by atoms with van der Waals surface area (Å²) in [5, 5.41) is 0. The fraction of sp³-hybridized carbons (Fsp3) is 0.412. The molecule has 114 valence electrons. The van der Waals surface area contributed by atoms with Crippen molar-refractivity contribution < 1.29 is 0 Å². The highest BCUT2D eigenvalue weighted by molar-refractivity contribution is 9.13. The molecule has 0 radical (unpaired) electrons. The molecule has 0 saturated carbocycles. The molecule has 1 aromatic carbocycles. The Morgan fingerprint density at radius 1 is 0.952 bits per heavy atom. The number of thiophene rings is 1. The zero-order chi connectivity index (χ0) is 15.6. The molecule has 1 atom stereocenters. The zero-order valence-corrected chi connectivity index (χ0v) is 18.0. The molecule has 0 fully saturated rings. The van der Waals surface area contributed by atoms with Crippen LogP contribution in [0.4, 0.5) is 0 Å². The van der Waals surface area contributed by atoms with E-state index in [1.807, 2.05) is 0 Å². The minimum Gasteiger partial charge on any atom is -0.131 e. The number of benzene rings is 1. The van der Waals surface area contributed by atoms with Crippen LogP contribution in [0.3, 0.4) is 0 Å². The molecule has 0 amide bonds. The second-order valence-corrected chi connectivity index (χ2v) is 9.19. The number of rotatable bonds is 5. The molecular weight excluding hydrogens is 476 g/mol. The van der Waals surface area contributed by atoms with Crippen LogP contribution in [0.5, 0.6) is 0 Å². The normalized spacial score (nSPS) is 12.7. The number of hydrogen-bond acceptors (Lipinski definition) is 1. The van der Waals surface area contributed by atoms with Crippen LogP contribution in [0.25, 0.3) is 0 Å². The first-order valence-electron chi connectivity index (χ1n) is 7.25. The predicted octanol–water partition coefficient (Wildman–Crippen LogP) is 7.44. The average molecular weight is 495 g/mol. The van der Waals surface area contributed by atoms with Crippen molar-refractivity contribution in [1.82, 2.24) is 0 Å². The average Bonchev–Trinajstić information content (AvgIpc) is 2.84. The SMILES string of the molecule is CCc1cc(CC)c(C(Br)c2cc(Br)c(Br)s2)c(CC)c1. The van der Waals surface area contributed by atoms with E-state index in [0.29, 0.717) is 0 Å². The van der Waals surface area contributed by atoms with Crippen LogP contribution in [0.2, 0.25) is 0 Å². The third-order valence-electron chi connectivity index (χ3n) is 3.75. The van der Waals surface area contributed by atoms with Crippen molar-refractivity contribution in [1.29, 1.82) is 0 Å². The summed E-state index contributed by atoms with van der Waals surface area (Å²) in [7, 11) is 0. The van der Waals surface area contributed by atoms with Crippen molar-refractivity contribution >= 4 is 59.1 Å². The van der Waals surface area contributed by atoms with E-state index in [4.69, 9.17) is 0 Å². The summed E-state index contributed by atoms with van der Waals surface area (Å²) in [6.07, 6.45) is 3.25. The van der Waals surface area contributed by atoms with Crippen molar-refractivity contribution in [3.05, 3.63) is 53.6 Å². The van der Waals surface area contributed by atoms with E-state index in [9.17, 15) is 0 Å². The molecule has 2 rings (SSSR count). The van der Waals surface area contributed by atoms with E-state index in [-0.39, 0.29) is 4.83 Å². The third-order valence-corrected chi connectivity index (χ3v) is 8.32. The number of halogens is 3. The van der Waals surface area contributed by atoms with Crippen molar-refractivity contribution in [3.8, 4) is 0 Å². The molecule has 1 unspecified atom stereocenters. The second-order valence-electron chi connectivity index (χ2n) is 5.02. The first kappa shape index (κ1) is 17.7. The first-order valence-corrected chi connectivity index (χ1v) is 10.6. The Labute approximate surface area is 156 Å². The Balaban J connectivity index is 2.55.